The molecule has 6 heteroatoms. The highest BCUT2D eigenvalue weighted by Crippen LogP contribution is 2.18. The average Bonchev–Trinajstić information content (AvgIpc) is 3.15. The smallest absolute Gasteiger partial charge is 0.256 e. The summed E-state index contributed by atoms with van der Waals surface area (Å²) in [7, 11) is 0. The molecule has 0 bridgehead atoms. The lowest BCUT2D eigenvalue weighted by molar-refractivity contribution is 0.0858. The molecule has 0 aromatic heterocycles. The minimum absolute atomic E-state index is 0.0376. The fourth-order valence-corrected chi connectivity index (χ4v) is 2.93. The van der Waals surface area contributed by atoms with Crippen molar-refractivity contribution < 1.29 is 18.7 Å². The molecule has 1 unspecified atom stereocenters. The zero-order valence-corrected chi connectivity index (χ0v) is 14.5. The van der Waals surface area contributed by atoms with Crippen LogP contribution in [0.3, 0.4) is 0 Å². The molecule has 136 valence electrons. The number of carbonyl (C=O) groups excluding carboxylic acids is 2. The number of hydrogen-bond donors (Lipinski definition) is 2. The lowest BCUT2D eigenvalue weighted by Gasteiger charge is -2.14. The number of nitrogens with one attached hydrogen (secondary N) is 2. The van der Waals surface area contributed by atoms with E-state index in [2.05, 4.69) is 10.6 Å². The molecule has 0 saturated carbocycles. The second-order valence-corrected chi connectivity index (χ2v) is 6.30. The van der Waals surface area contributed by atoms with Crippen LogP contribution < -0.4 is 10.6 Å². The van der Waals surface area contributed by atoms with E-state index < -0.39 is 11.7 Å². The summed E-state index contributed by atoms with van der Waals surface area (Å²) < 4.78 is 18.9. The molecule has 1 saturated heterocycles. The van der Waals surface area contributed by atoms with Crippen molar-refractivity contribution in [3.05, 3.63) is 65.0 Å². The summed E-state index contributed by atoms with van der Waals surface area (Å²) in [5, 5.41) is 5.55. The number of rotatable bonds is 5. The van der Waals surface area contributed by atoms with Gasteiger partial charge in [-0.1, -0.05) is 18.2 Å². The van der Waals surface area contributed by atoms with Gasteiger partial charge in [-0.2, -0.15) is 0 Å². The highest BCUT2D eigenvalue weighted by Gasteiger charge is 2.19. The van der Waals surface area contributed by atoms with Gasteiger partial charge in [-0.3, -0.25) is 9.59 Å². The monoisotopic (exact) mass is 356 g/mol. The van der Waals surface area contributed by atoms with Crippen LogP contribution in [0.1, 0.15) is 39.1 Å². The van der Waals surface area contributed by atoms with Crippen LogP contribution in [0, 0.1) is 12.7 Å². The van der Waals surface area contributed by atoms with Crippen molar-refractivity contribution in [2.24, 2.45) is 0 Å². The Bertz CT molecular complexity index is 816. The number of benzene rings is 2. The molecular weight excluding hydrogens is 335 g/mol. The Balaban J connectivity index is 1.73. The third-order valence-electron chi connectivity index (χ3n) is 4.38. The molecule has 26 heavy (non-hydrogen) atoms. The number of halogens is 1. The van der Waals surface area contributed by atoms with Gasteiger partial charge in [0.2, 0.25) is 0 Å². The van der Waals surface area contributed by atoms with E-state index in [1.807, 2.05) is 0 Å². The molecule has 2 N–H and O–H groups in total. The summed E-state index contributed by atoms with van der Waals surface area (Å²) in [5.41, 5.74) is 1.63. The molecule has 1 fully saturated rings. The zero-order valence-electron chi connectivity index (χ0n) is 14.5. The first-order valence-corrected chi connectivity index (χ1v) is 8.61. The van der Waals surface area contributed by atoms with E-state index in [0.717, 1.165) is 19.4 Å². The van der Waals surface area contributed by atoms with Crippen LogP contribution in [0.25, 0.3) is 0 Å². The highest BCUT2D eigenvalue weighted by molar-refractivity contribution is 6.09. The SMILES string of the molecule is Cc1ccc(F)cc1C(=O)Nc1ccccc1C(=O)NCC1CCCO1. The van der Waals surface area contributed by atoms with E-state index in [0.29, 0.717) is 23.4 Å². The summed E-state index contributed by atoms with van der Waals surface area (Å²) in [4.78, 5) is 25.0. The van der Waals surface area contributed by atoms with Crippen LogP contribution in [0.5, 0.6) is 0 Å². The topological polar surface area (TPSA) is 67.4 Å². The van der Waals surface area contributed by atoms with Crippen molar-refractivity contribution in [2.45, 2.75) is 25.9 Å². The van der Waals surface area contributed by atoms with E-state index >= 15 is 0 Å². The maximum atomic E-state index is 13.4. The number of aryl methyl sites for hydroxylation is 1. The van der Waals surface area contributed by atoms with Gasteiger partial charge < -0.3 is 15.4 Å². The lowest BCUT2D eigenvalue weighted by Crippen LogP contribution is -2.32. The predicted molar refractivity (Wildman–Crippen MR) is 96.8 cm³/mol. The molecule has 0 aliphatic carbocycles. The molecule has 3 rings (SSSR count). The van der Waals surface area contributed by atoms with E-state index in [9.17, 15) is 14.0 Å². The van der Waals surface area contributed by atoms with E-state index in [1.54, 1.807) is 37.3 Å². The average molecular weight is 356 g/mol. The third kappa shape index (κ3) is 4.26. The van der Waals surface area contributed by atoms with Gasteiger partial charge in [0.25, 0.3) is 11.8 Å². The Hall–Kier alpha value is -2.73. The number of carbonyl (C=O) groups is 2. The quantitative estimate of drug-likeness (QED) is 0.864. The Kier molecular flexibility index (Phi) is 5.63. The second-order valence-electron chi connectivity index (χ2n) is 6.30. The standard InChI is InChI=1S/C20H21FN2O3/c1-13-8-9-14(21)11-17(13)20(25)23-18-7-3-2-6-16(18)19(24)22-12-15-5-4-10-26-15/h2-3,6-9,11,15H,4-5,10,12H2,1H3,(H,22,24)(H,23,25). The maximum Gasteiger partial charge on any atom is 0.256 e. The van der Waals surface area contributed by atoms with Crippen molar-refractivity contribution in [3.63, 3.8) is 0 Å². The Morgan fingerprint density at radius 1 is 1.15 bits per heavy atom. The van der Waals surface area contributed by atoms with Crippen LogP contribution in [-0.2, 0) is 4.74 Å². The third-order valence-corrected chi connectivity index (χ3v) is 4.38. The fourth-order valence-electron chi connectivity index (χ4n) is 2.93. The summed E-state index contributed by atoms with van der Waals surface area (Å²) in [6.45, 7) is 2.89. The van der Waals surface area contributed by atoms with Gasteiger partial charge in [-0.25, -0.2) is 4.39 Å². The summed E-state index contributed by atoms with van der Waals surface area (Å²) in [6, 6.07) is 10.8. The van der Waals surface area contributed by atoms with E-state index in [4.69, 9.17) is 4.74 Å². The molecule has 2 aromatic carbocycles. The Morgan fingerprint density at radius 3 is 2.73 bits per heavy atom. The van der Waals surface area contributed by atoms with Gasteiger partial charge in [0.1, 0.15) is 5.82 Å². The number of anilines is 1. The number of amides is 2. The maximum absolute atomic E-state index is 13.4. The minimum atomic E-state index is -0.483. The van der Waals surface area contributed by atoms with Crippen molar-refractivity contribution in [1.82, 2.24) is 5.32 Å². The Labute approximate surface area is 151 Å². The van der Waals surface area contributed by atoms with Crippen molar-refractivity contribution >= 4 is 17.5 Å². The molecular formula is C20H21FN2O3. The van der Waals surface area contributed by atoms with Crippen LogP contribution in [0.15, 0.2) is 42.5 Å². The summed E-state index contributed by atoms with van der Waals surface area (Å²) in [5.74, 6) is -1.22. The highest BCUT2D eigenvalue weighted by atomic mass is 19.1. The largest absolute Gasteiger partial charge is 0.376 e. The number of para-hydroxylation sites is 1. The molecule has 0 spiro atoms. The fraction of sp³-hybridized carbons (Fsp3) is 0.300. The molecule has 1 atom stereocenters. The van der Waals surface area contributed by atoms with E-state index in [1.165, 1.54) is 12.1 Å². The molecule has 5 nitrogen and oxygen atoms in total. The molecule has 0 radical (unpaired) electrons. The van der Waals surface area contributed by atoms with Crippen LogP contribution in [0.4, 0.5) is 10.1 Å². The van der Waals surface area contributed by atoms with Crippen LogP contribution in [0.2, 0.25) is 0 Å². The van der Waals surface area contributed by atoms with Gasteiger partial charge in [-0.15, -0.1) is 0 Å². The van der Waals surface area contributed by atoms with Crippen molar-refractivity contribution in [3.8, 4) is 0 Å². The minimum Gasteiger partial charge on any atom is -0.376 e. The molecule has 2 aromatic rings. The first-order valence-electron chi connectivity index (χ1n) is 8.61. The van der Waals surface area contributed by atoms with Gasteiger partial charge >= 0.3 is 0 Å². The van der Waals surface area contributed by atoms with Crippen molar-refractivity contribution in [1.29, 1.82) is 0 Å². The van der Waals surface area contributed by atoms with Crippen molar-refractivity contribution in [2.75, 3.05) is 18.5 Å². The summed E-state index contributed by atoms with van der Waals surface area (Å²) in [6.07, 6.45) is 1.97. The molecule has 1 aliphatic heterocycles. The second kappa shape index (κ2) is 8.10. The van der Waals surface area contributed by atoms with Gasteiger partial charge in [0, 0.05) is 18.7 Å². The Morgan fingerprint density at radius 2 is 1.96 bits per heavy atom. The first-order chi connectivity index (χ1) is 12.5. The lowest BCUT2D eigenvalue weighted by atomic mass is 10.1. The van der Waals surface area contributed by atoms with Crippen LogP contribution >= 0.6 is 0 Å². The predicted octanol–water partition coefficient (Wildman–Crippen LogP) is 3.30. The molecule has 1 aliphatic rings. The van der Waals surface area contributed by atoms with Gasteiger partial charge in [-0.05, 0) is 49.6 Å². The normalized spacial score (nSPS) is 16.3. The first kappa shape index (κ1) is 18.1. The number of ether oxygens (including phenoxy) is 1. The molecule has 1 heterocycles. The van der Waals surface area contributed by atoms with Crippen LogP contribution in [-0.4, -0.2) is 31.1 Å². The zero-order chi connectivity index (χ0) is 18.5. The van der Waals surface area contributed by atoms with E-state index in [-0.39, 0.29) is 17.6 Å². The number of hydrogen-bond acceptors (Lipinski definition) is 3. The van der Waals surface area contributed by atoms with Gasteiger partial charge in [0.15, 0.2) is 0 Å². The summed E-state index contributed by atoms with van der Waals surface area (Å²) >= 11 is 0. The molecule has 2 amide bonds. The van der Waals surface area contributed by atoms with Gasteiger partial charge in [0.05, 0.1) is 17.4 Å².